The van der Waals surface area contributed by atoms with Gasteiger partial charge in [0.15, 0.2) is 5.82 Å². The molecule has 1 saturated heterocycles. The van der Waals surface area contributed by atoms with E-state index in [1.807, 2.05) is 18.3 Å². The number of nitrogens with zero attached hydrogens (tertiary/aromatic N) is 5. The monoisotopic (exact) mass is 369 g/mol. The molecule has 0 N–H and O–H groups in total. The predicted molar refractivity (Wildman–Crippen MR) is 101 cm³/mol. The van der Waals surface area contributed by atoms with Gasteiger partial charge >= 0.3 is 0 Å². The van der Waals surface area contributed by atoms with Crippen LogP contribution >= 0.6 is 11.6 Å². The second-order valence-corrected chi connectivity index (χ2v) is 7.29. The largest absolute Gasteiger partial charge is 0.370 e. The van der Waals surface area contributed by atoms with Crippen molar-refractivity contribution >= 4 is 28.2 Å². The molecule has 0 unspecified atom stereocenters. The van der Waals surface area contributed by atoms with Crippen LogP contribution in [0, 0.1) is 0 Å². The first-order valence-corrected chi connectivity index (χ1v) is 9.50. The lowest BCUT2D eigenvalue weighted by Gasteiger charge is -2.24. The van der Waals surface area contributed by atoms with Gasteiger partial charge in [-0.25, -0.2) is 0 Å². The average molecular weight is 370 g/mol. The first-order valence-electron chi connectivity index (χ1n) is 9.12. The Bertz CT molecular complexity index is 950. The fourth-order valence-electron chi connectivity index (χ4n) is 3.99. The Hall–Kier alpha value is -2.18. The minimum Gasteiger partial charge on any atom is -0.370 e. The number of anilines is 1. The van der Waals surface area contributed by atoms with Gasteiger partial charge in [-0.15, -0.1) is 10.2 Å². The minimum atomic E-state index is 0.103. The summed E-state index contributed by atoms with van der Waals surface area (Å²) >= 11 is 6.12. The van der Waals surface area contributed by atoms with Crippen molar-refractivity contribution in [2.75, 3.05) is 24.6 Å². The number of hydrogen-bond acceptors (Lipinski definition) is 5. The molecule has 1 atom stereocenters. The molecule has 26 heavy (non-hydrogen) atoms. The molecule has 3 aromatic rings. The Kier molecular flexibility index (Phi) is 4.02. The Morgan fingerprint density at radius 3 is 2.96 bits per heavy atom. The molecule has 4 heterocycles. The number of pyridine rings is 1. The van der Waals surface area contributed by atoms with Gasteiger partial charge in [0.1, 0.15) is 11.9 Å². The molecule has 0 bridgehead atoms. The second-order valence-electron chi connectivity index (χ2n) is 6.86. The molecular weight excluding hydrogens is 350 g/mol. The van der Waals surface area contributed by atoms with Gasteiger partial charge in [0.2, 0.25) is 0 Å². The highest BCUT2D eigenvalue weighted by molar-refractivity contribution is 6.31. The third-order valence-electron chi connectivity index (χ3n) is 5.29. The third-order valence-corrected chi connectivity index (χ3v) is 5.53. The molecule has 7 heteroatoms. The summed E-state index contributed by atoms with van der Waals surface area (Å²) in [5, 5.41) is 10.7. The lowest BCUT2D eigenvalue weighted by molar-refractivity contribution is 0.101. The highest BCUT2D eigenvalue weighted by Gasteiger charge is 2.27. The van der Waals surface area contributed by atoms with Crippen LogP contribution in [0.25, 0.3) is 10.9 Å². The van der Waals surface area contributed by atoms with Gasteiger partial charge in [-0.05, 0) is 37.1 Å². The Morgan fingerprint density at radius 1 is 1.12 bits per heavy atom. The third kappa shape index (κ3) is 2.73. The lowest BCUT2D eigenvalue weighted by Crippen LogP contribution is -2.27. The molecule has 0 saturated carbocycles. The number of hydrogen-bond donors (Lipinski definition) is 0. The number of fused-ring (bicyclic) bond motifs is 2. The summed E-state index contributed by atoms with van der Waals surface area (Å²) in [7, 11) is 0. The molecular formula is C19H20ClN5O. The van der Waals surface area contributed by atoms with Crippen molar-refractivity contribution in [3.05, 3.63) is 47.1 Å². The van der Waals surface area contributed by atoms with Crippen LogP contribution < -0.4 is 4.90 Å². The Morgan fingerprint density at radius 2 is 2.08 bits per heavy atom. The standard InChI is InChI=1S/C19H20ClN5O/c20-13-3-4-14-15(12-13)21-7-5-16(14)24-8-6-18-22-23-19(25(18)10-9-24)17-2-1-11-26-17/h3-5,7,12,17H,1-2,6,8-11H2/t17-/m1/s1. The molecule has 0 amide bonds. The Labute approximate surface area is 156 Å². The van der Waals surface area contributed by atoms with Crippen molar-refractivity contribution in [2.24, 2.45) is 0 Å². The summed E-state index contributed by atoms with van der Waals surface area (Å²) in [6.07, 6.45) is 4.97. The molecule has 6 nitrogen and oxygen atoms in total. The zero-order chi connectivity index (χ0) is 17.5. The number of halogens is 1. The topological polar surface area (TPSA) is 56.1 Å². The van der Waals surface area contributed by atoms with E-state index in [2.05, 4.69) is 36.8 Å². The number of ether oxygens (including phenoxy) is 1. The van der Waals surface area contributed by atoms with Crippen LogP contribution in [-0.2, 0) is 17.7 Å². The van der Waals surface area contributed by atoms with E-state index in [0.29, 0.717) is 5.02 Å². The molecule has 0 aliphatic carbocycles. The highest BCUT2D eigenvalue weighted by Crippen LogP contribution is 2.31. The molecule has 2 aromatic heterocycles. The van der Waals surface area contributed by atoms with Crippen LogP contribution in [0.4, 0.5) is 5.69 Å². The van der Waals surface area contributed by atoms with E-state index in [-0.39, 0.29) is 6.10 Å². The van der Waals surface area contributed by atoms with Gasteiger partial charge in [0.05, 0.1) is 5.52 Å². The number of rotatable bonds is 2. The predicted octanol–water partition coefficient (Wildman–Crippen LogP) is 3.39. The number of benzene rings is 1. The summed E-state index contributed by atoms with van der Waals surface area (Å²) in [5.41, 5.74) is 2.13. The van der Waals surface area contributed by atoms with Crippen LogP contribution in [0.15, 0.2) is 30.5 Å². The molecule has 2 aliphatic heterocycles. The van der Waals surface area contributed by atoms with Crippen molar-refractivity contribution in [3.63, 3.8) is 0 Å². The van der Waals surface area contributed by atoms with Gasteiger partial charge < -0.3 is 14.2 Å². The molecule has 0 spiro atoms. The second kappa shape index (κ2) is 6.52. The van der Waals surface area contributed by atoms with Crippen molar-refractivity contribution in [3.8, 4) is 0 Å². The van der Waals surface area contributed by atoms with E-state index in [9.17, 15) is 0 Å². The summed E-state index contributed by atoms with van der Waals surface area (Å²) in [5.74, 6) is 2.05. The summed E-state index contributed by atoms with van der Waals surface area (Å²) < 4.78 is 8.09. The highest BCUT2D eigenvalue weighted by atomic mass is 35.5. The van der Waals surface area contributed by atoms with Crippen LogP contribution in [0.2, 0.25) is 5.02 Å². The van der Waals surface area contributed by atoms with Gasteiger partial charge in [-0.1, -0.05) is 11.6 Å². The molecule has 1 aromatic carbocycles. The van der Waals surface area contributed by atoms with Crippen LogP contribution in [0.1, 0.15) is 30.6 Å². The first-order chi connectivity index (χ1) is 12.8. The number of aromatic nitrogens is 4. The van der Waals surface area contributed by atoms with Crippen molar-refractivity contribution in [1.82, 2.24) is 19.7 Å². The van der Waals surface area contributed by atoms with Crippen molar-refractivity contribution in [1.29, 1.82) is 0 Å². The maximum Gasteiger partial charge on any atom is 0.162 e. The van der Waals surface area contributed by atoms with E-state index in [1.165, 1.54) is 5.69 Å². The van der Waals surface area contributed by atoms with Gasteiger partial charge in [-0.3, -0.25) is 4.98 Å². The minimum absolute atomic E-state index is 0.103. The molecule has 0 radical (unpaired) electrons. The zero-order valence-electron chi connectivity index (χ0n) is 14.4. The molecule has 5 rings (SSSR count). The first kappa shape index (κ1) is 16.0. The summed E-state index contributed by atoms with van der Waals surface area (Å²) in [4.78, 5) is 6.87. The fraction of sp³-hybridized carbons (Fsp3) is 0.421. The fourth-order valence-corrected chi connectivity index (χ4v) is 4.15. The normalized spacial score (nSPS) is 20.3. The van der Waals surface area contributed by atoms with Crippen molar-refractivity contribution < 1.29 is 4.74 Å². The van der Waals surface area contributed by atoms with Gasteiger partial charge in [0.25, 0.3) is 0 Å². The van der Waals surface area contributed by atoms with Gasteiger partial charge in [-0.2, -0.15) is 0 Å². The van der Waals surface area contributed by atoms with E-state index >= 15 is 0 Å². The summed E-state index contributed by atoms with van der Waals surface area (Å²) in [6, 6.07) is 7.99. The van der Waals surface area contributed by atoms with Crippen LogP contribution in [-0.4, -0.2) is 39.4 Å². The van der Waals surface area contributed by atoms with Crippen LogP contribution in [0.5, 0.6) is 0 Å². The van der Waals surface area contributed by atoms with Crippen LogP contribution in [0.3, 0.4) is 0 Å². The quantitative estimate of drug-likeness (QED) is 0.693. The maximum atomic E-state index is 6.12. The Balaban J connectivity index is 1.45. The van der Waals surface area contributed by atoms with E-state index in [0.717, 1.165) is 68.1 Å². The summed E-state index contributed by atoms with van der Waals surface area (Å²) in [6.45, 7) is 3.51. The molecule has 1 fully saturated rings. The van der Waals surface area contributed by atoms with E-state index < -0.39 is 0 Å². The zero-order valence-corrected chi connectivity index (χ0v) is 15.2. The van der Waals surface area contributed by atoms with E-state index in [4.69, 9.17) is 16.3 Å². The maximum absolute atomic E-state index is 6.12. The smallest absolute Gasteiger partial charge is 0.162 e. The van der Waals surface area contributed by atoms with Gasteiger partial charge in [0, 0.05) is 55.0 Å². The lowest BCUT2D eigenvalue weighted by atomic mass is 10.1. The molecule has 2 aliphatic rings. The molecule has 134 valence electrons. The van der Waals surface area contributed by atoms with E-state index in [1.54, 1.807) is 0 Å². The average Bonchev–Trinajstić information content (AvgIpc) is 3.27. The SMILES string of the molecule is Clc1ccc2c(N3CCc4nnc([C@H]5CCCO5)n4CC3)ccnc2c1. The van der Waals surface area contributed by atoms with Crippen molar-refractivity contribution in [2.45, 2.75) is 31.9 Å².